The second kappa shape index (κ2) is 7.97. The molecule has 1 rings (SSSR count). The molecular weight excluding hydrogens is 319 g/mol. The van der Waals surface area contributed by atoms with Gasteiger partial charge in [-0.05, 0) is 19.8 Å². The number of carbonyl (C=O) groups excluding carboxylic acids is 1. The van der Waals surface area contributed by atoms with Crippen LogP contribution in [0.3, 0.4) is 0 Å². The van der Waals surface area contributed by atoms with Crippen molar-refractivity contribution in [2.45, 2.75) is 31.2 Å². The van der Waals surface area contributed by atoms with Gasteiger partial charge in [-0.1, -0.05) is 34.7 Å². The Balaban J connectivity index is 2.71. The summed E-state index contributed by atoms with van der Waals surface area (Å²) in [5.74, 6) is -0.403. The molecule has 0 spiro atoms. The quantitative estimate of drug-likeness (QED) is 0.423. The number of halogens is 2. The summed E-state index contributed by atoms with van der Waals surface area (Å²) in [7, 11) is 0. The molecule has 0 heterocycles. The molecular formula is C13H18BrClO3. The van der Waals surface area contributed by atoms with Crippen LogP contribution in [0.4, 0.5) is 0 Å². The van der Waals surface area contributed by atoms with Gasteiger partial charge in [0, 0.05) is 10.4 Å². The van der Waals surface area contributed by atoms with Crippen molar-refractivity contribution in [3.05, 3.63) is 23.2 Å². The van der Waals surface area contributed by atoms with Crippen LogP contribution in [-0.4, -0.2) is 30.7 Å². The van der Waals surface area contributed by atoms with E-state index in [1.165, 1.54) is 0 Å². The summed E-state index contributed by atoms with van der Waals surface area (Å²) >= 11 is 9.44. The standard InChI is InChI=1S/C13H18BrClO3/c1-3-17-13(16)12(18-8-9(2)14)10-6-4-5-7-11(10)15/h5,7,10-12H,2-4,6,8H2,1H3. The van der Waals surface area contributed by atoms with E-state index >= 15 is 0 Å². The van der Waals surface area contributed by atoms with Gasteiger partial charge in [0.2, 0.25) is 0 Å². The summed E-state index contributed by atoms with van der Waals surface area (Å²) < 4.78 is 11.3. The number of rotatable bonds is 6. The van der Waals surface area contributed by atoms with Crippen LogP contribution in [0, 0.1) is 5.92 Å². The molecule has 3 unspecified atom stereocenters. The molecule has 0 saturated heterocycles. The van der Waals surface area contributed by atoms with Crippen LogP contribution in [-0.2, 0) is 14.3 Å². The maximum Gasteiger partial charge on any atom is 0.335 e. The summed E-state index contributed by atoms with van der Waals surface area (Å²) in [6.45, 7) is 6.07. The Morgan fingerprint density at radius 2 is 2.39 bits per heavy atom. The number of hydrogen-bond acceptors (Lipinski definition) is 3. The molecule has 0 saturated carbocycles. The summed E-state index contributed by atoms with van der Waals surface area (Å²) in [6.07, 6.45) is 5.03. The van der Waals surface area contributed by atoms with Crippen LogP contribution in [0.2, 0.25) is 0 Å². The average molecular weight is 338 g/mol. The fourth-order valence-corrected chi connectivity index (χ4v) is 2.40. The molecule has 0 aliphatic heterocycles. The van der Waals surface area contributed by atoms with E-state index in [-0.39, 0.29) is 23.9 Å². The van der Waals surface area contributed by atoms with Crippen LogP contribution in [0.5, 0.6) is 0 Å². The number of ether oxygens (including phenoxy) is 2. The summed E-state index contributed by atoms with van der Waals surface area (Å²) in [4.78, 5) is 11.9. The fourth-order valence-electron chi connectivity index (χ4n) is 1.91. The van der Waals surface area contributed by atoms with Crippen molar-refractivity contribution in [3.63, 3.8) is 0 Å². The van der Waals surface area contributed by atoms with Gasteiger partial charge in [-0.25, -0.2) is 4.79 Å². The molecule has 5 heteroatoms. The molecule has 0 aromatic carbocycles. The Morgan fingerprint density at radius 1 is 1.67 bits per heavy atom. The number of esters is 1. The Kier molecular flexibility index (Phi) is 6.97. The van der Waals surface area contributed by atoms with Crippen molar-refractivity contribution in [3.8, 4) is 0 Å². The predicted molar refractivity (Wildman–Crippen MR) is 75.9 cm³/mol. The van der Waals surface area contributed by atoms with Crippen molar-refractivity contribution >= 4 is 33.5 Å². The van der Waals surface area contributed by atoms with E-state index in [2.05, 4.69) is 22.5 Å². The lowest BCUT2D eigenvalue weighted by molar-refractivity contribution is -0.159. The highest BCUT2D eigenvalue weighted by Crippen LogP contribution is 2.29. The Morgan fingerprint density at radius 3 is 2.94 bits per heavy atom. The van der Waals surface area contributed by atoms with Crippen LogP contribution >= 0.6 is 27.5 Å². The van der Waals surface area contributed by atoms with Crippen molar-refractivity contribution in [2.75, 3.05) is 13.2 Å². The molecule has 1 aliphatic rings. The van der Waals surface area contributed by atoms with Gasteiger partial charge in [-0.3, -0.25) is 0 Å². The third-order valence-corrected chi connectivity index (χ3v) is 3.42. The molecule has 18 heavy (non-hydrogen) atoms. The van der Waals surface area contributed by atoms with Crippen LogP contribution in [0.1, 0.15) is 19.8 Å². The molecule has 0 aromatic rings. The second-order valence-electron chi connectivity index (χ2n) is 4.11. The molecule has 0 amide bonds. The second-order valence-corrected chi connectivity index (χ2v) is 5.74. The van der Waals surface area contributed by atoms with E-state index in [0.717, 1.165) is 12.8 Å². The molecule has 0 bridgehead atoms. The van der Waals surface area contributed by atoms with Gasteiger partial charge in [0.05, 0.1) is 18.6 Å². The Labute approximate surface area is 121 Å². The molecule has 0 radical (unpaired) electrons. The largest absolute Gasteiger partial charge is 0.464 e. The Hall–Kier alpha value is -0.320. The van der Waals surface area contributed by atoms with Gasteiger partial charge in [-0.2, -0.15) is 0 Å². The van der Waals surface area contributed by atoms with Crippen molar-refractivity contribution in [1.29, 1.82) is 0 Å². The molecule has 0 N–H and O–H groups in total. The first-order valence-corrected chi connectivity index (χ1v) is 7.21. The first kappa shape index (κ1) is 15.7. The zero-order valence-corrected chi connectivity index (χ0v) is 12.7. The smallest absolute Gasteiger partial charge is 0.335 e. The SMILES string of the molecule is C=C(Br)COC(C(=O)OCC)C1CCC=CC1Cl. The number of hydrogen-bond donors (Lipinski definition) is 0. The minimum Gasteiger partial charge on any atom is -0.464 e. The van der Waals surface area contributed by atoms with Gasteiger partial charge in [-0.15, -0.1) is 11.6 Å². The van der Waals surface area contributed by atoms with Crippen molar-refractivity contribution in [1.82, 2.24) is 0 Å². The topological polar surface area (TPSA) is 35.5 Å². The summed E-state index contributed by atoms with van der Waals surface area (Å²) in [6, 6.07) is 0. The van der Waals surface area contributed by atoms with Gasteiger partial charge >= 0.3 is 5.97 Å². The maximum atomic E-state index is 11.9. The number of alkyl halides is 1. The molecule has 3 nitrogen and oxygen atoms in total. The van der Waals surface area contributed by atoms with Gasteiger partial charge < -0.3 is 9.47 Å². The minimum absolute atomic E-state index is 0.0532. The minimum atomic E-state index is -0.633. The van der Waals surface area contributed by atoms with Crippen LogP contribution in [0.15, 0.2) is 23.2 Å². The highest BCUT2D eigenvalue weighted by molar-refractivity contribution is 9.11. The lowest BCUT2D eigenvalue weighted by Crippen LogP contribution is -2.39. The number of carbonyl (C=O) groups is 1. The normalized spacial score (nSPS) is 24.6. The van der Waals surface area contributed by atoms with Crippen LogP contribution in [0.25, 0.3) is 0 Å². The monoisotopic (exact) mass is 336 g/mol. The zero-order chi connectivity index (χ0) is 13.5. The van der Waals surface area contributed by atoms with Crippen molar-refractivity contribution < 1.29 is 14.3 Å². The summed E-state index contributed by atoms with van der Waals surface area (Å²) in [5.41, 5.74) is 0. The van der Waals surface area contributed by atoms with Crippen LogP contribution < -0.4 is 0 Å². The van der Waals surface area contributed by atoms with E-state index in [4.69, 9.17) is 21.1 Å². The van der Waals surface area contributed by atoms with E-state index in [1.807, 2.05) is 12.2 Å². The highest BCUT2D eigenvalue weighted by atomic mass is 79.9. The lowest BCUT2D eigenvalue weighted by atomic mass is 9.88. The predicted octanol–water partition coefficient (Wildman–Crippen LogP) is 3.42. The molecule has 3 atom stereocenters. The third kappa shape index (κ3) is 4.75. The first-order chi connectivity index (χ1) is 8.56. The average Bonchev–Trinajstić information content (AvgIpc) is 2.31. The van der Waals surface area contributed by atoms with E-state index in [0.29, 0.717) is 11.1 Å². The number of allylic oxidation sites excluding steroid dienone is 2. The third-order valence-electron chi connectivity index (χ3n) is 2.72. The fraction of sp³-hybridized carbons (Fsp3) is 0.615. The molecule has 0 aromatic heterocycles. The zero-order valence-electron chi connectivity index (χ0n) is 10.4. The summed E-state index contributed by atoms with van der Waals surface area (Å²) in [5, 5.41) is -0.197. The van der Waals surface area contributed by atoms with E-state index in [9.17, 15) is 4.79 Å². The van der Waals surface area contributed by atoms with Gasteiger partial charge in [0.15, 0.2) is 6.10 Å². The molecule has 102 valence electrons. The lowest BCUT2D eigenvalue weighted by Gasteiger charge is -2.29. The molecule has 0 fully saturated rings. The highest BCUT2D eigenvalue weighted by Gasteiger charge is 2.35. The maximum absolute atomic E-state index is 11.9. The van der Waals surface area contributed by atoms with Gasteiger partial charge in [0.25, 0.3) is 0 Å². The first-order valence-electron chi connectivity index (χ1n) is 5.98. The van der Waals surface area contributed by atoms with Gasteiger partial charge in [0.1, 0.15) is 0 Å². The molecule has 1 aliphatic carbocycles. The Bertz CT molecular complexity index is 330. The van der Waals surface area contributed by atoms with E-state index < -0.39 is 6.10 Å². The van der Waals surface area contributed by atoms with E-state index in [1.54, 1.807) is 6.92 Å². The van der Waals surface area contributed by atoms with Crippen molar-refractivity contribution in [2.24, 2.45) is 5.92 Å².